The Bertz CT molecular complexity index is 1100. The molecule has 1 aliphatic carbocycles. The number of ether oxygens (including phenoxy) is 1. The Balaban J connectivity index is 1.43. The van der Waals surface area contributed by atoms with Crippen molar-refractivity contribution in [2.45, 2.75) is 18.4 Å². The van der Waals surface area contributed by atoms with Gasteiger partial charge in [-0.15, -0.1) is 0 Å². The first-order chi connectivity index (χ1) is 14.9. The monoisotopic (exact) mass is 421 g/mol. The molecule has 3 aromatic rings. The Hall–Kier alpha value is -3.87. The van der Waals surface area contributed by atoms with Gasteiger partial charge in [-0.1, -0.05) is 54.6 Å². The summed E-state index contributed by atoms with van der Waals surface area (Å²) in [5, 5.41) is 21.0. The van der Waals surface area contributed by atoms with Crippen LogP contribution in [-0.2, 0) is 16.0 Å². The van der Waals surface area contributed by atoms with Gasteiger partial charge in [0.1, 0.15) is 12.6 Å². The quantitative estimate of drug-likeness (QED) is 0.558. The van der Waals surface area contributed by atoms with E-state index < -0.39 is 29.7 Å². The Labute approximate surface area is 177 Å². The molecule has 0 saturated heterocycles. The third kappa shape index (κ3) is 4.21. The van der Waals surface area contributed by atoms with Gasteiger partial charge in [0.05, 0.1) is 0 Å². The van der Waals surface area contributed by atoms with Crippen molar-refractivity contribution in [1.29, 1.82) is 0 Å². The molecule has 31 heavy (non-hydrogen) atoms. The molecular formula is C24H20FNO5. The molecule has 1 aliphatic rings. The summed E-state index contributed by atoms with van der Waals surface area (Å²) in [6.07, 6.45) is -1.02. The second-order valence-corrected chi connectivity index (χ2v) is 7.35. The number of benzene rings is 3. The van der Waals surface area contributed by atoms with E-state index in [-0.39, 0.29) is 18.9 Å². The summed E-state index contributed by atoms with van der Waals surface area (Å²) in [5.74, 6) is -2.81. The molecule has 0 aliphatic heterocycles. The molecule has 3 N–H and O–H groups in total. The predicted molar refractivity (Wildman–Crippen MR) is 111 cm³/mol. The average Bonchev–Trinajstić information content (AvgIpc) is 3.08. The summed E-state index contributed by atoms with van der Waals surface area (Å²) >= 11 is 0. The molecule has 0 unspecified atom stereocenters. The van der Waals surface area contributed by atoms with Crippen LogP contribution in [-0.4, -0.2) is 34.9 Å². The van der Waals surface area contributed by atoms with Crippen molar-refractivity contribution < 1.29 is 28.9 Å². The number of alkyl carbamates (subject to hydrolysis) is 1. The molecule has 6 nitrogen and oxygen atoms in total. The number of fused-ring (bicyclic) bond motifs is 3. The summed E-state index contributed by atoms with van der Waals surface area (Å²) in [4.78, 5) is 23.9. The topological polar surface area (TPSA) is 95.9 Å². The first-order valence-electron chi connectivity index (χ1n) is 9.75. The fourth-order valence-corrected chi connectivity index (χ4v) is 3.90. The van der Waals surface area contributed by atoms with Gasteiger partial charge in [-0.25, -0.2) is 14.0 Å². The lowest BCUT2D eigenvalue weighted by molar-refractivity contribution is -0.139. The van der Waals surface area contributed by atoms with E-state index in [1.165, 1.54) is 6.07 Å². The summed E-state index contributed by atoms with van der Waals surface area (Å²) < 4.78 is 18.9. The van der Waals surface area contributed by atoms with Gasteiger partial charge >= 0.3 is 12.1 Å². The smallest absolute Gasteiger partial charge is 0.407 e. The van der Waals surface area contributed by atoms with Crippen LogP contribution < -0.4 is 5.32 Å². The summed E-state index contributed by atoms with van der Waals surface area (Å²) in [6.45, 7) is 0.0556. The summed E-state index contributed by atoms with van der Waals surface area (Å²) in [7, 11) is 0. The number of carbonyl (C=O) groups is 2. The van der Waals surface area contributed by atoms with Crippen LogP contribution in [0.4, 0.5) is 9.18 Å². The maximum absolute atomic E-state index is 13.5. The highest BCUT2D eigenvalue weighted by atomic mass is 19.1. The van der Waals surface area contributed by atoms with E-state index in [0.29, 0.717) is 5.56 Å². The number of halogens is 1. The number of carboxylic acid groups (broad SMARTS) is 1. The lowest BCUT2D eigenvalue weighted by Crippen LogP contribution is -2.42. The second kappa shape index (κ2) is 8.47. The number of hydrogen-bond acceptors (Lipinski definition) is 4. The number of amides is 1. The van der Waals surface area contributed by atoms with Gasteiger partial charge in [0, 0.05) is 12.3 Å². The first kappa shape index (κ1) is 20.4. The van der Waals surface area contributed by atoms with E-state index in [1.54, 1.807) is 0 Å². The van der Waals surface area contributed by atoms with Crippen molar-refractivity contribution in [3.63, 3.8) is 0 Å². The Morgan fingerprint density at radius 2 is 1.61 bits per heavy atom. The number of phenolic OH excluding ortho intramolecular Hbond substituents is 1. The molecule has 7 heteroatoms. The van der Waals surface area contributed by atoms with Crippen LogP contribution in [0.3, 0.4) is 0 Å². The molecule has 0 fully saturated rings. The fraction of sp³-hybridized carbons (Fsp3) is 0.167. The predicted octanol–water partition coefficient (Wildman–Crippen LogP) is 4.07. The third-order valence-corrected chi connectivity index (χ3v) is 5.39. The number of phenols is 1. The molecule has 158 valence electrons. The number of nitrogens with one attached hydrogen (secondary N) is 1. The van der Waals surface area contributed by atoms with Crippen LogP contribution in [0.5, 0.6) is 5.75 Å². The Morgan fingerprint density at radius 3 is 2.19 bits per heavy atom. The maximum atomic E-state index is 13.5. The Morgan fingerprint density at radius 1 is 1.00 bits per heavy atom. The van der Waals surface area contributed by atoms with Gasteiger partial charge in [-0.2, -0.15) is 0 Å². The van der Waals surface area contributed by atoms with Crippen molar-refractivity contribution in [3.05, 3.63) is 89.2 Å². The zero-order valence-electron chi connectivity index (χ0n) is 16.4. The fourth-order valence-electron chi connectivity index (χ4n) is 3.90. The molecule has 0 bridgehead atoms. The lowest BCUT2D eigenvalue weighted by atomic mass is 9.98. The van der Waals surface area contributed by atoms with Gasteiger partial charge in [-0.3, -0.25) is 0 Å². The third-order valence-electron chi connectivity index (χ3n) is 5.39. The zero-order valence-corrected chi connectivity index (χ0v) is 16.4. The van der Waals surface area contributed by atoms with Gasteiger partial charge in [-0.05, 0) is 39.9 Å². The van der Waals surface area contributed by atoms with E-state index in [1.807, 2.05) is 48.5 Å². The minimum atomic E-state index is -1.31. The number of hydrogen-bond donors (Lipinski definition) is 3. The van der Waals surface area contributed by atoms with Crippen LogP contribution in [0.25, 0.3) is 11.1 Å². The maximum Gasteiger partial charge on any atom is 0.407 e. The summed E-state index contributed by atoms with van der Waals surface area (Å²) in [5.41, 5.74) is 4.59. The van der Waals surface area contributed by atoms with E-state index in [9.17, 15) is 24.2 Å². The molecule has 0 spiro atoms. The zero-order chi connectivity index (χ0) is 22.0. The molecular weight excluding hydrogens is 401 g/mol. The van der Waals surface area contributed by atoms with Crippen LogP contribution >= 0.6 is 0 Å². The molecule has 4 rings (SSSR count). The molecule has 0 heterocycles. The van der Waals surface area contributed by atoms with E-state index in [0.717, 1.165) is 34.4 Å². The van der Waals surface area contributed by atoms with Crippen molar-refractivity contribution in [3.8, 4) is 16.9 Å². The van der Waals surface area contributed by atoms with Gasteiger partial charge in [0.15, 0.2) is 11.6 Å². The van der Waals surface area contributed by atoms with Crippen LogP contribution in [0.2, 0.25) is 0 Å². The average molecular weight is 421 g/mol. The molecule has 1 atom stereocenters. The standard InChI is InChI=1S/C24H20FNO5/c25-20-11-14(9-10-22(20)27)12-21(23(28)29)26-24(30)31-13-19-17-7-3-1-5-15(17)16-6-2-4-8-18(16)19/h1-11,19,21,27H,12-13H2,(H,26,30)(H,28,29)/t21-/m0/s1. The minimum Gasteiger partial charge on any atom is -0.505 e. The van der Waals surface area contributed by atoms with Crippen molar-refractivity contribution >= 4 is 12.1 Å². The highest BCUT2D eigenvalue weighted by Gasteiger charge is 2.29. The SMILES string of the molecule is O=C(N[C@@H](Cc1ccc(O)c(F)c1)C(=O)O)OCC1c2ccccc2-c2ccccc21. The molecule has 0 aromatic heterocycles. The lowest BCUT2D eigenvalue weighted by Gasteiger charge is -2.17. The summed E-state index contributed by atoms with van der Waals surface area (Å²) in [6, 6.07) is 18.0. The second-order valence-electron chi connectivity index (χ2n) is 7.35. The number of aliphatic carboxylic acids is 1. The molecule has 3 aromatic carbocycles. The molecule has 1 amide bonds. The van der Waals surface area contributed by atoms with Crippen LogP contribution in [0.1, 0.15) is 22.6 Å². The van der Waals surface area contributed by atoms with E-state index >= 15 is 0 Å². The highest BCUT2D eigenvalue weighted by molar-refractivity contribution is 5.81. The van der Waals surface area contributed by atoms with Crippen LogP contribution in [0.15, 0.2) is 66.7 Å². The number of carbonyl (C=O) groups excluding carboxylic acids is 1. The van der Waals surface area contributed by atoms with Crippen molar-refractivity contribution in [1.82, 2.24) is 5.32 Å². The van der Waals surface area contributed by atoms with Crippen molar-refractivity contribution in [2.75, 3.05) is 6.61 Å². The first-order valence-corrected chi connectivity index (χ1v) is 9.75. The van der Waals surface area contributed by atoms with E-state index in [2.05, 4.69) is 5.32 Å². The molecule has 0 saturated carbocycles. The normalized spacial score (nSPS) is 13.2. The van der Waals surface area contributed by atoms with Crippen molar-refractivity contribution in [2.24, 2.45) is 0 Å². The minimum absolute atomic E-state index is 0.0556. The van der Waals surface area contributed by atoms with Gasteiger partial charge < -0.3 is 20.3 Å². The number of carboxylic acids is 1. The van der Waals surface area contributed by atoms with Gasteiger partial charge in [0.25, 0.3) is 0 Å². The number of aromatic hydroxyl groups is 1. The largest absolute Gasteiger partial charge is 0.505 e. The van der Waals surface area contributed by atoms with Gasteiger partial charge in [0.2, 0.25) is 0 Å². The Kier molecular flexibility index (Phi) is 5.58. The number of rotatable bonds is 6. The molecule has 0 radical (unpaired) electrons. The van der Waals surface area contributed by atoms with E-state index in [4.69, 9.17) is 4.74 Å². The van der Waals surface area contributed by atoms with Crippen LogP contribution in [0, 0.1) is 5.82 Å². The highest BCUT2D eigenvalue weighted by Crippen LogP contribution is 2.44.